The molecule has 1 aliphatic rings. The Kier molecular flexibility index (Phi) is 12.7. The fraction of sp³-hybridized carbons (Fsp3) is 0.765. The number of nitrogens with two attached hydrogens (primary N) is 1. The van der Waals surface area contributed by atoms with Crippen molar-refractivity contribution >= 4 is 42.1 Å². The number of nitrogens with zero attached hydrogens (tertiary/aromatic N) is 2. The molecule has 1 saturated heterocycles. The van der Waals surface area contributed by atoms with Gasteiger partial charge in [-0.05, 0) is 44.2 Å². The van der Waals surface area contributed by atoms with E-state index in [9.17, 15) is 4.79 Å². The average Bonchev–Trinajstić information content (AvgIpc) is 2.95. The van der Waals surface area contributed by atoms with Gasteiger partial charge in [0.2, 0.25) is 0 Å². The number of amides is 1. The largest absolute Gasteiger partial charge is 0.351 e. The van der Waals surface area contributed by atoms with E-state index in [0.29, 0.717) is 12.2 Å². The van der Waals surface area contributed by atoms with E-state index in [1.165, 1.54) is 30.8 Å². The van der Waals surface area contributed by atoms with Crippen LogP contribution in [0.2, 0.25) is 0 Å². The van der Waals surface area contributed by atoms with E-state index in [1.807, 2.05) is 5.38 Å². The van der Waals surface area contributed by atoms with Gasteiger partial charge in [-0.25, -0.2) is 4.98 Å². The van der Waals surface area contributed by atoms with Gasteiger partial charge in [-0.15, -0.1) is 36.2 Å². The summed E-state index contributed by atoms with van der Waals surface area (Å²) in [6.45, 7) is 9.57. The standard InChI is InChI=1S/C17H30N4OS.2ClH/c1-13-9-14(2)11-21(10-13)8-4-3-7-19-17(22)15-12-23-16(20-15)5-6-18;;/h12-14H,3-11,18H2,1-2H3,(H,19,22);2*1H. The zero-order valence-corrected chi connectivity index (χ0v) is 17.7. The van der Waals surface area contributed by atoms with Crippen LogP contribution in [0.4, 0.5) is 0 Å². The Morgan fingerprint density at radius 2 is 2.00 bits per heavy atom. The Morgan fingerprint density at radius 1 is 1.32 bits per heavy atom. The molecular weight excluding hydrogens is 379 g/mol. The second-order valence-electron chi connectivity index (χ2n) is 6.83. The Bertz CT molecular complexity index is 491. The van der Waals surface area contributed by atoms with Crippen molar-refractivity contribution in [2.75, 3.05) is 32.7 Å². The van der Waals surface area contributed by atoms with E-state index in [-0.39, 0.29) is 30.7 Å². The van der Waals surface area contributed by atoms with E-state index in [4.69, 9.17) is 5.73 Å². The molecule has 1 aliphatic heterocycles. The highest BCUT2D eigenvalue weighted by Crippen LogP contribution is 2.20. The van der Waals surface area contributed by atoms with Crippen LogP contribution in [0.15, 0.2) is 5.38 Å². The Balaban J connectivity index is 0.00000288. The van der Waals surface area contributed by atoms with Crippen molar-refractivity contribution in [3.8, 4) is 0 Å². The van der Waals surface area contributed by atoms with Gasteiger partial charge in [-0.3, -0.25) is 4.79 Å². The third-order valence-corrected chi connectivity index (χ3v) is 5.18. The SMILES string of the molecule is CC1CC(C)CN(CCCCNC(=O)c2csc(CCN)n2)C1.Cl.Cl. The van der Waals surface area contributed by atoms with Crippen LogP contribution < -0.4 is 11.1 Å². The minimum Gasteiger partial charge on any atom is -0.351 e. The van der Waals surface area contributed by atoms with Crippen LogP contribution in [-0.4, -0.2) is 48.5 Å². The summed E-state index contributed by atoms with van der Waals surface area (Å²) in [4.78, 5) is 18.9. The summed E-state index contributed by atoms with van der Waals surface area (Å²) in [5, 5.41) is 5.72. The van der Waals surface area contributed by atoms with E-state index in [2.05, 4.69) is 29.0 Å². The molecule has 8 heteroatoms. The van der Waals surface area contributed by atoms with Crippen molar-refractivity contribution in [1.82, 2.24) is 15.2 Å². The number of piperidine rings is 1. The predicted octanol–water partition coefficient (Wildman–Crippen LogP) is 2.98. The Labute approximate surface area is 168 Å². The highest BCUT2D eigenvalue weighted by Gasteiger charge is 2.20. The minimum atomic E-state index is -0.0651. The van der Waals surface area contributed by atoms with Crippen LogP contribution in [-0.2, 0) is 6.42 Å². The molecule has 0 bridgehead atoms. The zero-order valence-electron chi connectivity index (χ0n) is 15.2. The van der Waals surface area contributed by atoms with Gasteiger partial charge in [-0.2, -0.15) is 0 Å². The first-order chi connectivity index (χ1) is 11.1. The third kappa shape index (κ3) is 8.69. The van der Waals surface area contributed by atoms with Gasteiger partial charge in [0.25, 0.3) is 5.91 Å². The molecule has 2 atom stereocenters. The molecule has 1 aromatic heterocycles. The number of rotatable bonds is 8. The summed E-state index contributed by atoms with van der Waals surface area (Å²) in [7, 11) is 0. The van der Waals surface area contributed by atoms with E-state index >= 15 is 0 Å². The lowest BCUT2D eigenvalue weighted by atomic mass is 9.92. The summed E-state index contributed by atoms with van der Waals surface area (Å²) < 4.78 is 0. The molecule has 1 amide bonds. The second kappa shape index (κ2) is 12.9. The number of thiazole rings is 1. The molecule has 3 N–H and O–H groups in total. The molecule has 0 aliphatic carbocycles. The second-order valence-corrected chi connectivity index (χ2v) is 7.78. The summed E-state index contributed by atoms with van der Waals surface area (Å²) in [5.74, 6) is 1.56. The van der Waals surface area contributed by atoms with Crippen LogP contribution in [0.1, 0.15) is 48.6 Å². The third-order valence-electron chi connectivity index (χ3n) is 4.27. The van der Waals surface area contributed by atoms with Gasteiger partial charge in [0, 0.05) is 31.4 Å². The maximum atomic E-state index is 12.0. The fourth-order valence-corrected chi connectivity index (χ4v) is 4.18. The molecule has 146 valence electrons. The quantitative estimate of drug-likeness (QED) is 0.646. The molecule has 0 aromatic carbocycles. The number of carbonyl (C=O) groups is 1. The Morgan fingerprint density at radius 3 is 2.64 bits per heavy atom. The van der Waals surface area contributed by atoms with E-state index < -0.39 is 0 Å². The molecule has 2 rings (SSSR count). The zero-order chi connectivity index (χ0) is 16.7. The molecule has 5 nitrogen and oxygen atoms in total. The van der Waals surface area contributed by atoms with Crippen LogP contribution >= 0.6 is 36.2 Å². The average molecular weight is 411 g/mol. The lowest BCUT2D eigenvalue weighted by molar-refractivity contribution is 0.0947. The van der Waals surface area contributed by atoms with Crippen molar-refractivity contribution in [2.45, 2.75) is 39.5 Å². The molecule has 2 unspecified atom stereocenters. The maximum Gasteiger partial charge on any atom is 0.270 e. The number of unbranched alkanes of at least 4 members (excludes halogenated alkanes) is 1. The van der Waals surface area contributed by atoms with Gasteiger partial charge in [0.05, 0.1) is 5.01 Å². The van der Waals surface area contributed by atoms with Gasteiger partial charge < -0.3 is 16.0 Å². The van der Waals surface area contributed by atoms with Gasteiger partial charge >= 0.3 is 0 Å². The lowest BCUT2D eigenvalue weighted by Crippen LogP contribution is -2.39. The van der Waals surface area contributed by atoms with Crippen molar-refractivity contribution in [3.63, 3.8) is 0 Å². The number of carbonyl (C=O) groups excluding carboxylic acids is 1. The van der Waals surface area contributed by atoms with E-state index in [1.54, 1.807) is 0 Å². The van der Waals surface area contributed by atoms with Crippen molar-refractivity contribution in [3.05, 3.63) is 16.1 Å². The van der Waals surface area contributed by atoms with Crippen molar-refractivity contribution in [2.24, 2.45) is 17.6 Å². The number of aromatic nitrogens is 1. The summed E-state index contributed by atoms with van der Waals surface area (Å²) in [6, 6.07) is 0. The summed E-state index contributed by atoms with van der Waals surface area (Å²) in [5.41, 5.74) is 6.03. The van der Waals surface area contributed by atoms with Crippen molar-refractivity contribution in [1.29, 1.82) is 0 Å². The lowest BCUT2D eigenvalue weighted by Gasteiger charge is -2.34. The van der Waals surface area contributed by atoms with Crippen LogP contribution in [0.25, 0.3) is 0 Å². The number of halogens is 2. The molecule has 1 fully saturated rings. The normalized spacial score (nSPS) is 20.4. The first kappa shape index (κ1) is 24.6. The number of hydrogen-bond donors (Lipinski definition) is 2. The minimum absolute atomic E-state index is 0. The van der Waals surface area contributed by atoms with Crippen LogP contribution in [0, 0.1) is 11.8 Å². The highest BCUT2D eigenvalue weighted by atomic mass is 35.5. The first-order valence-corrected chi connectivity index (χ1v) is 9.61. The summed E-state index contributed by atoms with van der Waals surface area (Å²) in [6.07, 6.45) is 4.25. The van der Waals surface area contributed by atoms with Gasteiger partial charge in [0.15, 0.2) is 0 Å². The van der Waals surface area contributed by atoms with Gasteiger partial charge in [-0.1, -0.05) is 13.8 Å². The first-order valence-electron chi connectivity index (χ1n) is 8.73. The molecule has 0 spiro atoms. The molecular formula is C17H32Cl2N4OS. The molecule has 0 saturated carbocycles. The maximum absolute atomic E-state index is 12.0. The molecule has 1 aromatic rings. The predicted molar refractivity (Wildman–Crippen MR) is 110 cm³/mol. The molecule has 2 heterocycles. The molecule has 0 radical (unpaired) electrons. The molecule has 25 heavy (non-hydrogen) atoms. The Hall–Kier alpha value is -0.400. The number of hydrogen-bond acceptors (Lipinski definition) is 5. The number of nitrogens with one attached hydrogen (secondary N) is 1. The van der Waals surface area contributed by atoms with Crippen LogP contribution in [0.3, 0.4) is 0 Å². The fourth-order valence-electron chi connectivity index (χ4n) is 3.38. The monoisotopic (exact) mass is 410 g/mol. The van der Waals surface area contributed by atoms with Crippen molar-refractivity contribution < 1.29 is 4.79 Å². The number of likely N-dealkylation sites (tertiary alicyclic amines) is 1. The smallest absolute Gasteiger partial charge is 0.270 e. The highest BCUT2D eigenvalue weighted by molar-refractivity contribution is 7.09. The van der Waals surface area contributed by atoms with E-state index in [0.717, 1.165) is 49.2 Å². The van der Waals surface area contributed by atoms with Crippen LogP contribution in [0.5, 0.6) is 0 Å². The summed E-state index contributed by atoms with van der Waals surface area (Å²) >= 11 is 1.51. The van der Waals surface area contributed by atoms with Gasteiger partial charge in [0.1, 0.15) is 5.69 Å². The topological polar surface area (TPSA) is 71.2 Å².